The van der Waals surface area contributed by atoms with Crippen molar-refractivity contribution < 1.29 is 25.7 Å². The minimum Gasteiger partial charge on any atom is -0.344 e. The van der Waals surface area contributed by atoms with Crippen LogP contribution in [0.15, 0.2) is 12.1 Å². The molecule has 0 aromatic heterocycles. The zero-order chi connectivity index (χ0) is 8.85. The Morgan fingerprint density at radius 2 is 2.00 bits per heavy atom. The molecule has 0 aliphatic rings. The van der Waals surface area contributed by atoms with Crippen LogP contribution in [0, 0.1) is 0 Å². The van der Waals surface area contributed by atoms with Crippen LogP contribution in [0.3, 0.4) is 0 Å². The molecule has 0 saturated heterocycles. The van der Waals surface area contributed by atoms with E-state index in [0.29, 0.717) is 0 Å². The first kappa shape index (κ1) is 10.4. The van der Waals surface area contributed by atoms with Crippen molar-refractivity contribution in [2.45, 2.75) is 6.92 Å². The minimum atomic E-state index is -2.67. The van der Waals surface area contributed by atoms with Crippen molar-refractivity contribution in [1.29, 1.82) is 0 Å². The Kier molecular flexibility index (Phi) is 4.88. The Labute approximate surface area is 63.7 Å². The molecule has 1 atom stereocenters. The Balaban J connectivity index is 3.86. The number of hydrogen-bond donors (Lipinski definition) is 0. The molecule has 0 amide bonds. The summed E-state index contributed by atoms with van der Waals surface area (Å²) >= 11 is -2.48. The summed E-state index contributed by atoms with van der Waals surface area (Å²) in [6.45, 7) is 1.43. The quantitative estimate of drug-likeness (QED) is 0.632. The molecule has 0 aliphatic heterocycles. The summed E-state index contributed by atoms with van der Waals surface area (Å²) in [5.41, 5.74) is 0. The molecule has 0 fully saturated rings. The molecule has 7 heteroatoms. The molecule has 11 heavy (non-hydrogen) atoms. The zero-order valence-electron chi connectivity index (χ0n) is 5.47. The van der Waals surface area contributed by atoms with Crippen molar-refractivity contribution in [3.8, 4) is 0 Å². The van der Waals surface area contributed by atoms with E-state index in [9.17, 15) is 17.4 Å². The fourth-order valence-corrected chi connectivity index (χ4v) is 0.635. The Morgan fingerprint density at radius 3 is 2.36 bits per heavy atom. The van der Waals surface area contributed by atoms with E-state index in [2.05, 4.69) is 8.37 Å². The molecule has 1 unspecified atom stereocenters. The first-order valence-electron chi connectivity index (χ1n) is 2.52. The normalized spacial score (nSPS) is 12.4. The van der Waals surface area contributed by atoms with E-state index < -0.39 is 23.5 Å². The molecule has 66 valence electrons. The van der Waals surface area contributed by atoms with Crippen LogP contribution in [0.2, 0.25) is 0 Å². The van der Waals surface area contributed by atoms with Crippen molar-refractivity contribution in [3.63, 3.8) is 0 Å². The van der Waals surface area contributed by atoms with Gasteiger partial charge in [0.2, 0.25) is 0 Å². The summed E-state index contributed by atoms with van der Waals surface area (Å²) in [4.78, 5) is 0. The second-order valence-corrected chi connectivity index (χ2v) is 2.04. The highest BCUT2D eigenvalue weighted by molar-refractivity contribution is 7.75. The molecule has 0 spiro atoms. The monoisotopic (exact) mass is 190 g/mol. The lowest BCUT2D eigenvalue weighted by Crippen LogP contribution is -1.99. The SMILES string of the molecule is CCOS(=O)OC(F)=C(F)F. The zero-order valence-corrected chi connectivity index (χ0v) is 6.29. The van der Waals surface area contributed by atoms with E-state index in [1.807, 2.05) is 0 Å². The van der Waals surface area contributed by atoms with Gasteiger partial charge in [-0.2, -0.15) is 17.4 Å². The second kappa shape index (κ2) is 5.14. The maximum atomic E-state index is 11.7. The number of hydrogen-bond acceptors (Lipinski definition) is 3. The largest absolute Gasteiger partial charge is 0.362 e. The van der Waals surface area contributed by atoms with Crippen LogP contribution in [0.5, 0.6) is 0 Å². The molecule has 0 aromatic rings. The fourth-order valence-electron chi connectivity index (χ4n) is 0.212. The van der Waals surface area contributed by atoms with Crippen molar-refractivity contribution in [2.75, 3.05) is 6.61 Å². The predicted molar refractivity (Wildman–Crippen MR) is 31.2 cm³/mol. The van der Waals surface area contributed by atoms with Gasteiger partial charge in [0.15, 0.2) is 0 Å². The maximum absolute atomic E-state index is 11.7. The number of halogens is 3. The van der Waals surface area contributed by atoms with Gasteiger partial charge in [0.1, 0.15) is 0 Å². The average molecular weight is 190 g/mol. The summed E-state index contributed by atoms with van der Waals surface area (Å²) < 4.78 is 52.0. The lowest BCUT2D eigenvalue weighted by atomic mass is 10.9. The highest BCUT2D eigenvalue weighted by atomic mass is 32.2. The van der Waals surface area contributed by atoms with E-state index in [4.69, 9.17) is 0 Å². The van der Waals surface area contributed by atoms with Gasteiger partial charge in [-0.05, 0) is 6.92 Å². The molecule has 0 radical (unpaired) electrons. The van der Waals surface area contributed by atoms with Gasteiger partial charge in [0.05, 0.1) is 6.61 Å². The van der Waals surface area contributed by atoms with Crippen LogP contribution in [-0.2, 0) is 19.7 Å². The molecule has 0 N–H and O–H groups in total. The standard InChI is InChI=1S/C4H5F3O3S/c1-2-9-11(8)10-4(7)3(5)6/h2H2,1H3. The molecule has 0 heterocycles. The Morgan fingerprint density at radius 1 is 1.45 bits per heavy atom. The van der Waals surface area contributed by atoms with Crippen LogP contribution >= 0.6 is 0 Å². The van der Waals surface area contributed by atoms with Crippen molar-refractivity contribution in [1.82, 2.24) is 0 Å². The van der Waals surface area contributed by atoms with Crippen molar-refractivity contribution >= 4 is 11.4 Å². The third-order valence-electron chi connectivity index (χ3n) is 0.504. The van der Waals surface area contributed by atoms with E-state index in [0.717, 1.165) is 0 Å². The smallest absolute Gasteiger partial charge is 0.344 e. The molecular weight excluding hydrogens is 185 g/mol. The molecule has 0 aromatic carbocycles. The van der Waals surface area contributed by atoms with E-state index >= 15 is 0 Å². The first-order valence-corrected chi connectivity index (χ1v) is 3.52. The topological polar surface area (TPSA) is 35.5 Å². The Hall–Kier alpha value is -0.560. The third kappa shape index (κ3) is 4.79. The second-order valence-electron chi connectivity index (χ2n) is 1.23. The van der Waals surface area contributed by atoms with Gasteiger partial charge in [-0.3, -0.25) is 4.18 Å². The van der Waals surface area contributed by atoms with Crippen LogP contribution < -0.4 is 0 Å². The molecule has 0 bridgehead atoms. The lowest BCUT2D eigenvalue weighted by Gasteiger charge is -1.97. The van der Waals surface area contributed by atoms with Gasteiger partial charge in [0.25, 0.3) is 0 Å². The molecule has 0 aliphatic carbocycles. The van der Waals surface area contributed by atoms with Crippen LogP contribution in [0.4, 0.5) is 13.2 Å². The highest BCUT2D eigenvalue weighted by Crippen LogP contribution is 2.11. The summed E-state index contributed by atoms with van der Waals surface area (Å²) in [6, 6.07) is -2.18. The molecular formula is C4H5F3O3S. The van der Waals surface area contributed by atoms with E-state index in [1.54, 1.807) is 0 Å². The van der Waals surface area contributed by atoms with Crippen LogP contribution in [0.1, 0.15) is 6.92 Å². The predicted octanol–water partition coefficient (Wildman–Crippen LogP) is 1.65. The molecule has 0 rings (SSSR count). The van der Waals surface area contributed by atoms with Crippen molar-refractivity contribution in [3.05, 3.63) is 12.1 Å². The lowest BCUT2D eigenvalue weighted by molar-refractivity contribution is 0.221. The van der Waals surface area contributed by atoms with E-state index in [-0.39, 0.29) is 6.61 Å². The van der Waals surface area contributed by atoms with Crippen LogP contribution in [0.25, 0.3) is 0 Å². The van der Waals surface area contributed by atoms with E-state index in [1.165, 1.54) is 6.92 Å². The first-order chi connectivity index (χ1) is 5.07. The summed E-state index contributed by atoms with van der Waals surface area (Å²) in [7, 11) is 0. The fraction of sp³-hybridized carbons (Fsp3) is 0.500. The summed E-state index contributed by atoms with van der Waals surface area (Å²) in [6.07, 6.45) is -2.67. The molecule has 3 nitrogen and oxygen atoms in total. The van der Waals surface area contributed by atoms with Gasteiger partial charge in [-0.25, -0.2) is 0 Å². The average Bonchev–Trinajstić information content (AvgIpc) is 1.87. The number of rotatable bonds is 4. The minimum absolute atomic E-state index is 0.0200. The van der Waals surface area contributed by atoms with Gasteiger partial charge in [0, 0.05) is 0 Å². The summed E-state index contributed by atoms with van der Waals surface area (Å²) in [5.74, 6) is 0. The van der Waals surface area contributed by atoms with Crippen molar-refractivity contribution in [2.24, 2.45) is 0 Å². The van der Waals surface area contributed by atoms with Gasteiger partial charge >= 0.3 is 23.5 Å². The summed E-state index contributed by atoms with van der Waals surface area (Å²) in [5, 5.41) is 0. The van der Waals surface area contributed by atoms with Gasteiger partial charge in [-0.1, -0.05) is 0 Å². The highest BCUT2D eigenvalue weighted by Gasteiger charge is 2.10. The van der Waals surface area contributed by atoms with Gasteiger partial charge < -0.3 is 4.18 Å². The molecule has 0 saturated carbocycles. The third-order valence-corrected chi connectivity index (χ3v) is 1.21. The Bertz CT molecular complexity index is 177. The maximum Gasteiger partial charge on any atom is 0.362 e. The van der Waals surface area contributed by atoms with Gasteiger partial charge in [-0.15, -0.1) is 0 Å². The van der Waals surface area contributed by atoms with Crippen LogP contribution in [-0.4, -0.2) is 10.8 Å².